The largest absolute Gasteiger partial charge is 0.456 e. The molecule has 16 aromatic rings. The van der Waals surface area contributed by atoms with Crippen molar-refractivity contribution in [2.24, 2.45) is 0 Å². The molecule has 5 nitrogen and oxygen atoms in total. The van der Waals surface area contributed by atoms with Gasteiger partial charge < -0.3 is 23.4 Å². The molecule has 0 unspecified atom stereocenters. The molecule has 0 fully saturated rings. The van der Waals surface area contributed by atoms with Crippen molar-refractivity contribution in [3.63, 3.8) is 0 Å². The minimum Gasteiger partial charge on any atom is -0.456 e. The number of nitrogens with zero attached hydrogens (tertiary/aromatic N) is 4. The van der Waals surface area contributed by atoms with E-state index < -0.39 is 0 Å². The summed E-state index contributed by atoms with van der Waals surface area (Å²) in [6, 6.07) is 98.0. The van der Waals surface area contributed by atoms with Crippen molar-refractivity contribution in [3.8, 4) is 22.5 Å². The molecule has 3 heterocycles. The van der Waals surface area contributed by atoms with Crippen LogP contribution < -0.4 is 9.80 Å². The molecule has 0 radical (unpaired) electrons. The summed E-state index contributed by atoms with van der Waals surface area (Å²) in [5.41, 5.74) is 23.1. The van der Waals surface area contributed by atoms with Gasteiger partial charge in [-0.15, -0.1) is 0 Å². The van der Waals surface area contributed by atoms with Gasteiger partial charge in [-0.05, 0) is 190 Å². The highest BCUT2D eigenvalue weighted by Gasteiger charge is 2.27. The van der Waals surface area contributed by atoms with Crippen LogP contribution in [0.2, 0.25) is 0 Å². The third-order valence-corrected chi connectivity index (χ3v) is 17.4. The molecule has 0 bridgehead atoms. The fraction of sp³-hybridized carbons (Fsp3) is 0.0390. The lowest BCUT2D eigenvalue weighted by atomic mass is 9.99. The van der Waals surface area contributed by atoms with Gasteiger partial charge in [-0.3, -0.25) is 0 Å². The normalized spacial score (nSPS) is 12.2. The zero-order valence-electron chi connectivity index (χ0n) is 45.3. The van der Waals surface area contributed by atoms with Crippen molar-refractivity contribution >= 4 is 121 Å². The van der Waals surface area contributed by atoms with Gasteiger partial charge in [0.15, 0.2) is 0 Å². The van der Waals surface area contributed by atoms with Crippen LogP contribution in [0.25, 0.3) is 110 Å². The Kier molecular flexibility index (Phi) is 10.1. The first-order chi connectivity index (χ1) is 40.5. The molecule has 82 heavy (non-hydrogen) atoms. The van der Waals surface area contributed by atoms with Gasteiger partial charge in [-0.2, -0.15) is 0 Å². The first-order valence-electron chi connectivity index (χ1n) is 28.4. The van der Waals surface area contributed by atoms with Crippen LogP contribution in [0.5, 0.6) is 0 Å². The number of fused-ring (bicyclic) bond motifs is 14. The molecular formula is C77H52N4O. The van der Waals surface area contributed by atoms with Crippen LogP contribution in [0.4, 0.5) is 34.1 Å². The number of furan rings is 1. The highest BCUT2D eigenvalue weighted by molar-refractivity contribution is 6.17. The SMILES string of the molecule is Cc1ccccc1N(c1ccc2cc3c(cc2c1)Cc1cc2c(cc1-3)oc1cc3cc(N(c4ccccc4C)c4cccc5c6ccccc6n(-c6ccccc6)c45)ccc3cc12)c1cccc2c3ccccc3n(-c3ccccc3)c12. The lowest BCUT2D eigenvalue weighted by molar-refractivity contribution is 0.669. The van der Waals surface area contributed by atoms with Crippen LogP contribution in [0.1, 0.15) is 22.3 Å². The van der Waals surface area contributed by atoms with E-state index >= 15 is 0 Å². The van der Waals surface area contributed by atoms with E-state index in [1.165, 1.54) is 87.6 Å². The van der Waals surface area contributed by atoms with E-state index in [4.69, 9.17) is 4.42 Å². The maximum Gasteiger partial charge on any atom is 0.136 e. The van der Waals surface area contributed by atoms with Crippen molar-refractivity contribution in [1.29, 1.82) is 0 Å². The maximum atomic E-state index is 6.93. The van der Waals surface area contributed by atoms with Crippen molar-refractivity contribution in [3.05, 3.63) is 289 Å². The van der Waals surface area contributed by atoms with Crippen molar-refractivity contribution < 1.29 is 4.42 Å². The number of para-hydroxylation sites is 8. The van der Waals surface area contributed by atoms with Crippen LogP contribution in [0.15, 0.2) is 271 Å². The molecule has 0 amide bonds. The molecule has 1 aliphatic carbocycles. The monoisotopic (exact) mass is 1050 g/mol. The van der Waals surface area contributed by atoms with Crippen LogP contribution in [0.3, 0.4) is 0 Å². The summed E-state index contributed by atoms with van der Waals surface area (Å²) in [5.74, 6) is 0. The van der Waals surface area contributed by atoms with Crippen LogP contribution >= 0.6 is 0 Å². The molecule has 0 saturated carbocycles. The van der Waals surface area contributed by atoms with Gasteiger partial charge in [-0.25, -0.2) is 0 Å². The van der Waals surface area contributed by atoms with E-state index in [2.05, 4.69) is 300 Å². The van der Waals surface area contributed by atoms with Crippen LogP contribution in [0, 0.1) is 13.8 Å². The second-order valence-electron chi connectivity index (χ2n) is 22.2. The molecule has 0 N–H and O–H groups in total. The lowest BCUT2D eigenvalue weighted by Crippen LogP contribution is -2.13. The molecule has 0 saturated heterocycles. The molecule has 1 aliphatic rings. The van der Waals surface area contributed by atoms with E-state index in [1.807, 2.05) is 0 Å². The van der Waals surface area contributed by atoms with Gasteiger partial charge in [0.1, 0.15) is 11.2 Å². The highest BCUT2D eigenvalue weighted by Crippen LogP contribution is 2.49. The van der Waals surface area contributed by atoms with E-state index in [1.54, 1.807) is 0 Å². The molecule has 0 atom stereocenters. The topological polar surface area (TPSA) is 29.5 Å². The third-order valence-electron chi connectivity index (χ3n) is 17.4. The first-order valence-corrected chi connectivity index (χ1v) is 28.4. The van der Waals surface area contributed by atoms with Crippen molar-refractivity contribution in [2.75, 3.05) is 9.80 Å². The summed E-state index contributed by atoms with van der Waals surface area (Å²) in [6.07, 6.45) is 0.854. The third kappa shape index (κ3) is 6.99. The summed E-state index contributed by atoms with van der Waals surface area (Å²) in [6.45, 7) is 4.42. The number of aromatic nitrogens is 2. The fourth-order valence-electron chi connectivity index (χ4n) is 13.7. The molecule has 13 aromatic carbocycles. The average Bonchev–Trinajstić information content (AvgIpc) is 4.20. The van der Waals surface area contributed by atoms with Crippen molar-refractivity contribution in [1.82, 2.24) is 9.13 Å². The van der Waals surface area contributed by atoms with Gasteiger partial charge >= 0.3 is 0 Å². The highest BCUT2D eigenvalue weighted by atomic mass is 16.3. The van der Waals surface area contributed by atoms with E-state index in [9.17, 15) is 0 Å². The zero-order valence-corrected chi connectivity index (χ0v) is 45.3. The first kappa shape index (κ1) is 46.3. The van der Waals surface area contributed by atoms with Gasteiger partial charge in [-0.1, -0.05) is 152 Å². The molecule has 0 aliphatic heterocycles. The number of benzene rings is 13. The van der Waals surface area contributed by atoms with Gasteiger partial charge in [0.2, 0.25) is 0 Å². The smallest absolute Gasteiger partial charge is 0.136 e. The number of hydrogen-bond donors (Lipinski definition) is 0. The van der Waals surface area contributed by atoms with E-state index in [-0.39, 0.29) is 0 Å². The Labute approximate surface area is 474 Å². The Morgan fingerprint density at radius 3 is 1.33 bits per heavy atom. The molecule has 17 rings (SSSR count). The quantitative estimate of drug-likeness (QED) is 0.152. The van der Waals surface area contributed by atoms with Gasteiger partial charge in [0, 0.05) is 66.4 Å². The zero-order chi connectivity index (χ0) is 54.2. The Bertz CT molecular complexity index is 5300. The predicted molar refractivity (Wildman–Crippen MR) is 344 cm³/mol. The van der Waals surface area contributed by atoms with Crippen molar-refractivity contribution in [2.45, 2.75) is 20.3 Å². The van der Waals surface area contributed by atoms with Gasteiger partial charge in [0.25, 0.3) is 0 Å². The summed E-state index contributed by atoms with van der Waals surface area (Å²) < 4.78 is 11.8. The number of anilines is 6. The fourth-order valence-corrected chi connectivity index (χ4v) is 13.7. The summed E-state index contributed by atoms with van der Waals surface area (Å²) in [4.78, 5) is 4.91. The van der Waals surface area contributed by atoms with Crippen LogP contribution in [-0.4, -0.2) is 9.13 Å². The predicted octanol–water partition coefficient (Wildman–Crippen LogP) is 21.2. The Hall–Kier alpha value is -10.6. The Morgan fingerprint density at radius 1 is 0.317 bits per heavy atom. The molecule has 5 heteroatoms. The number of hydrogen-bond acceptors (Lipinski definition) is 3. The van der Waals surface area contributed by atoms with E-state index in [0.29, 0.717) is 0 Å². The number of aryl methyl sites for hydroxylation is 2. The second-order valence-corrected chi connectivity index (χ2v) is 22.2. The summed E-state index contributed by atoms with van der Waals surface area (Å²) >= 11 is 0. The molecular weight excluding hydrogens is 997 g/mol. The summed E-state index contributed by atoms with van der Waals surface area (Å²) in [5, 5.41) is 11.9. The Balaban J connectivity index is 0.769. The summed E-state index contributed by atoms with van der Waals surface area (Å²) in [7, 11) is 0. The minimum atomic E-state index is 0.854. The molecule has 3 aromatic heterocycles. The minimum absolute atomic E-state index is 0.854. The lowest BCUT2D eigenvalue weighted by Gasteiger charge is -2.28. The standard InChI is InChI=1S/C77H52N4O/c1-48-19-9-13-29-68(48)78(72-33-17-27-62-60-25-11-15-31-70(60)80(76(62)72)56-21-5-3-6-22-56)58-37-35-50-43-64-54(39-52(50)41-58)40-55-45-67-66-44-51-36-38-59(42-53(51)46-74(66)82-75(67)47-65(55)64)79(69-30-14-10-20-49(69)2)73-34-18-28-63-61-26-12-16-32-71(61)81(77(63)73)57-23-7-4-8-24-57/h3-39,41-47H,40H2,1-2H3. The maximum absolute atomic E-state index is 6.93. The van der Waals surface area contributed by atoms with Crippen LogP contribution in [-0.2, 0) is 6.42 Å². The van der Waals surface area contributed by atoms with E-state index in [0.717, 1.165) is 84.8 Å². The molecule has 386 valence electrons. The number of rotatable bonds is 8. The van der Waals surface area contributed by atoms with Gasteiger partial charge in [0.05, 0.1) is 33.4 Å². The Morgan fingerprint density at radius 2 is 0.756 bits per heavy atom. The second kappa shape index (κ2) is 18.0. The average molecular weight is 1050 g/mol. The molecule has 0 spiro atoms.